The van der Waals surface area contributed by atoms with Crippen LogP contribution in [0.2, 0.25) is 0 Å². The van der Waals surface area contributed by atoms with Gasteiger partial charge in [-0.3, -0.25) is 0 Å². The standard InChI is InChI=1S/C20H22N2O3S/c1-14(2)25-15-7-9-16(10-8-15)26(23,24)22-12-11-20-18(13-22)17-5-3-4-6-19(17)21-20/h3-10,14,21H,11-13H2,1-2H3. The number of hydrogen-bond acceptors (Lipinski definition) is 3. The molecule has 1 N–H and O–H groups in total. The molecule has 1 aliphatic heterocycles. The molecule has 2 aromatic carbocycles. The Morgan fingerprint density at radius 2 is 1.81 bits per heavy atom. The van der Waals surface area contributed by atoms with Crippen molar-refractivity contribution in [1.29, 1.82) is 0 Å². The number of rotatable bonds is 4. The van der Waals surface area contributed by atoms with Crippen molar-refractivity contribution >= 4 is 20.9 Å². The van der Waals surface area contributed by atoms with Crippen LogP contribution in [0.4, 0.5) is 0 Å². The summed E-state index contributed by atoms with van der Waals surface area (Å²) < 4.78 is 33.3. The Balaban J connectivity index is 1.63. The fraction of sp³-hybridized carbons (Fsp3) is 0.300. The van der Waals surface area contributed by atoms with Gasteiger partial charge in [0.1, 0.15) is 5.75 Å². The molecular weight excluding hydrogens is 348 g/mol. The van der Waals surface area contributed by atoms with Gasteiger partial charge in [0.15, 0.2) is 0 Å². The smallest absolute Gasteiger partial charge is 0.243 e. The van der Waals surface area contributed by atoms with E-state index in [1.807, 2.05) is 38.1 Å². The molecule has 136 valence electrons. The molecule has 0 amide bonds. The van der Waals surface area contributed by atoms with Crippen LogP contribution in [0.3, 0.4) is 0 Å². The number of sulfonamides is 1. The van der Waals surface area contributed by atoms with Gasteiger partial charge < -0.3 is 9.72 Å². The molecule has 0 fully saturated rings. The Morgan fingerprint density at radius 1 is 1.08 bits per heavy atom. The highest BCUT2D eigenvalue weighted by Crippen LogP contribution is 2.30. The molecule has 1 aliphatic rings. The zero-order valence-electron chi connectivity index (χ0n) is 14.9. The summed E-state index contributed by atoms with van der Waals surface area (Å²) in [6, 6.07) is 14.7. The molecule has 0 aliphatic carbocycles. The fourth-order valence-electron chi connectivity index (χ4n) is 3.46. The molecule has 3 aromatic rings. The average molecular weight is 370 g/mol. The second-order valence-electron chi connectivity index (χ2n) is 6.85. The van der Waals surface area contributed by atoms with E-state index in [2.05, 4.69) is 4.98 Å². The molecule has 6 heteroatoms. The highest BCUT2D eigenvalue weighted by molar-refractivity contribution is 7.89. The zero-order chi connectivity index (χ0) is 18.3. The van der Waals surface area contributed by atoms with E-state index in [1.165, 1.54) is 0 Å². The lowest BCUT2D eigenvalue weighted by Gasteiger charge is -2.26. The SMILES string of the molecule is CC(C)Oc1ccc(S(=O)(=O)N2CCc3[nH]c4ccccc4c3C2)cc1. The van der Waals surface area contributed by atoms with Crippen LogP contribution >= 0.6 is 0 Å². The first-order valence-corrected chi connectivity index (χ1v) is 10.2. The zero-order valence-corrected chi connectivity index (χ0v) is 15.7. The van der Waals surface area contributed by atoms with E-state index in [1.54, 1.807) is 28.6 Å². The maximum Gasteiger partial charge on any atom is 0.243 e. The normalized spacial score (nSPS) is 15.3. The van der Waals surface area contributed by atoms with Crippen LogP contribution in [0.25, 0.3) is 10.9 Å². The molecule has 0 bridgehead atoms. The maximum atomic E-state index is 13.1. The summed E-state index contributed by atoms with van der Waals surface area (Å²) in [6.07, 6.45) is 0.748. The topological polar surface area (TPSA) is 62.4 Å². The first kappa shape index (κ1) is 17.1. The Morgan fingerprint density at radius 3 is 2.54 bits per heavy atom. The second kappa shape index (κ2) is 6.45. The lowest BCUT2D eigenvalue weighted by atomic mass is 10.1. The van der Waals surface area contributed by atoms with E-state index in [-0.39, 0.29) is 6.10 Å². The summed E-state index contributed by atoms with van der Waals surface area (Å²) in [4.78, 5) is 3.72. The van der Waals surface area contributed by atoms with Gasteiger partial charge in [-0.05, 0) is 49.7 Å². The van der Waals surface area contributed by atoms with Crippen molar-refractivity contribution < 1.29 is 13.2 Å². The van der Waals surface area contributed by atoms with E-state index >= 15 is 0 Å². The third-order valence-corrected chi connectivity index (χ3v) is 6.54. The predicted molar refractivity (Wildman–Crippen MR) is 102 cm³/mol. The lowest BCUT2D eigenvalue weighted by molar-refractivity contribution is 0.242. The van der Waals surface area contributed by atoms with Crippen molar-refractivity contribution in [3.63, 3.8) is 0 Å². The van der Waals surface area contributed by atoms with Crippen LogP contribution < -0.4 is 4.74 Å². The maximum absolute atomic E-state index is 13.1. The van der Waals surface area contributed by atoms with Crippen molar-refractivity contribution in [3.8, 4) is 5.75 Å². The lowest BCUT2D eigenvalue weighted by Crippen LogP contribution is -2.35. The molecule has 2 heterocycles. The minimum Gasteiger partial charge on any atom is -0.491 e. The van der Waals surface area contributed by atoms with Crippen LogP contribution in [0.1, 0.15) is 25.1 Å². The van der Waals surface area contributed by atoms with Gasteiger partial charge in [-0.2, -0.15) is 4.31 Å². The molecule has 26 heavy (non-hydrogen) atoms. The summed E-state index contributed by atoms with van der Waals surface area (Å²) in [6.45, 7) is 4.76. The minimum absolute atomic E-state index is 0.0554. The van der Waals surface area contributed by atoms with Crippen LogP contribution in [-0.2, 0) is 23.0 Å². The highest BCUT2D eigenvalue weighted by atomic mass is 32.2. The summed E-state index contributed by atoms with van der Waals surface area (Å²) in [5.74, 6) is 0.677. The van der Waals surface area contributed by atoms with Crippen molar-refractivity contribution in [2.75, 3.05) is 6.54 Å². The summed E-state index contributed by atoms with van der Waals surface area (Å²) in [7, 11) is -3.53. The second-order valence-corrected chi connectivity index (χ2v) is 8.79. The number of fused-ring (bicyclic) bond motifs is 3. The quantitative estimate of drug-likeness (QED) is 0.762. The van der Waals surface area contributed by atoms with Gasteiger partial charge in [-0.1, -0.05) is 18.2 Å². The summed E-state index contributed by atoms with van der Waals surface area (Å²) in [5.41, 5.74) is 3.28. The summed E-state index contributed by atoms with van der Waals surface area (Å²) >= 11 is 0. The van der Waals surface area contributed by atoms with Crippen molar-refractivity contribution in [2.24, 2.45) is 0 Å². The van der Waals surface area contributed by atoms with E-state index < -0.39 is 10.0 Å². The van der Waals surface area contributed by atoms with Crippen LogP contribution in [0.15, 0.2) is 53.4 Å². The number of aromatic nitrogens is 1. The number of aromatic amines is 1. The Kier molecular flexibility index (Phi) is 4.25. The number of para-hydroxylation sites is 1. The average Bonchev–Trinajstić information content (AvgIpc) is 2.99. The van der Waals surface area contributed by atoms with Gasteiger partial charge in [0.2, 0.25) is 10.0 Å². The van der Waals surface area contributed by atoms with Crippen LogP contribution in [0.5, 0.6) is 5.75 Å². The molecule has 0 atom stereocenters. The van der Waals surface area contributed by atoms with E-state index in [0.29, 0.717) is 30.2 Å². The van der Waals surface area contributed by atoms with Gasteiger partial charge >= 0.3 is 0 Å². The Bertz CT molecular complexity index is 1040. The number of hydrogen-bond donors (Lipinski definition) is 1. The monoisotopic (exact) mass is 370 g/mol. The molecule has 0 spiro atoms. The first-order valence-electron chi connectivity index (χ1n) is 8.80. The van der Waals surface area contributed by atoms with Crippen LogP contribution in [0, 0.1) is 0 Å². The highest BCUT2D eigenvalue weighted by Gasteiger charge is 2.30. The molecule has 5 nitrogen and oxygen atoms in total. The number of benzene rings is 2. The third kappa shape index (κ3) is 2.99. The van der Waals surface area contributed by atoms with Crippen molar-refractivity contribution in [3.05, 3.63) is 59.8 Å². The number of ether oxygens (including phenoxy) is 1. The third-order valence-electron chi connectivity index (χ3n) is 4.68. The summed E-state index contributed by atoms with van der Waals surface area (Å²) in [5, 5.41) is 1.10. The molecule has 4 rings (SSSR count). The van der Waals surface area contributed by atoms with Crippen molar-refractivity contribution in [1.82, 2.24) is 9.29 Å². The van der Waals surface area contributed by atoms with Crippen molar-refractivity contribution in [2.45, 2.75) is 37.8 Å². The molecular formula is C20H22N2O3S. The molecule has 0 radical (unpaired) electrons. The number of nitrogens with zero attached hydrogens (tertiary/aromatic N) is 1. The number of nitrogens with one attached hydrogen (secondary N) is 1. The Labute approximate surface area is 153 Å². The van der Waals surface area contributed by atoms with Gasteiger partial charge in [-0.15, -0.1) is 0 Å². The van der Waals surface area contributed by atoms with Crippen LogP contribution in [-0.4, -0.2) is 30.4 Å². The minimum atomic E-state index is -3.53. The first-order chi connectivity index (χ1) is 12.4. The molecule has 0 unspecified atom stereocenters. The van der Waals surface area contributed by atoms with Gasteiger partial charge in [0, 0.05) is 36.1 Å². The van der Waals surface area contributed by atoms with E-state index in [0.717, 1.165) is 22.2 Å². The van der Waals surface area contributed by atoms with E-state index in [4.69, 9.17) is 4.74 Å². The molecule has 0 saturated carbocycles. The largest absolute Gasteiger partial charge is 0.491 e. The fourth-order valence-corrected chi connectivity index (χ4v) is 4.87. The number of H-pyrrole nitrogens is 1. The predicted octanol–water partition coefficient (Wildman–Crippen LogP) is 3.70. The molecule has 1 aromatic heterocycles. The van der Waals surface area contributed by atoms with Gasteiger partial charge in [0.05, 0.1) is 11.0 Å². The Hall–Kier alpha value is -2.31. The van der Waals surface area contributed by atoms with Gasteiger partial charge in [-0.25, -0.2) is 8.42 Å². The van der Waals surface area contributed by atoms with E-state index in [9.17, 15) is 8.42 Å². The van der Waals surface area contributed by atoms with Gasteiger partial charge in [0.25, 0.3) is 0 Å². The molecule has 0 saturated heterocycles.